The van der Waals surface area contributed by atoms with Crippen molar-refractivity contribution in [2.75, 3.05) is 18.5 Å². The molecule has 4 rings (SSSR count). The molecular weight excluding hydrogens is 354 g/mol. The average Bonchev–Trinajstić information content (AvgIpc) is 3.31. The average molecular weight is 379 g/mol. The molecule has 6 nitrogen and oxygen atoms in total. The highest BCUT2D eigenvalue weighted by molar-refractivity contribution is 5.94. The van der Waals surface area contributed by atoms with Crippen LogP contribution in [0.15, 0.2) is 54.6 Å². The Bertz CT molecular complexity index is 838. The van der Waals surface area contributed by atoms with Gasteiger partial charge in [0.05, 0.1) is 6.61 Å². The van der Waals surface area contributed by atoms with Gasteiger partial charge in [0.2, 0.25) is 0 Å². The zero-order valence-corrected chi connectivity index (χ0v) is 15.9. The van der Waals surface area contributed by atoms with Gasteiger partial charge in [-0.2, -0.15) is 0 Å². The van der Waals surface area contributed by atoms with E-state index < -0.39 is 0 Å². The fraction of sp³-hybridized carbons (Fsp3) is 0.364. The number of urea groups is 1. The van der Waals surface area contributed by atoms with E-state index in [1.807, 2.05) is 66.4 Å². The van der Waals surface area contributed by atoms with Gasteiger partial charge in [-0.25, -0.2) is 4.79 Å². The first-order valence-electron chi connectivity index (χ1n) is 9.80. The lowest BCUT2D eigenvalue weighted by molar-refractivity contribution is 0.0915. The normalized spacial score (nSPS) is 22.8. The summed E-state index contributed by atoms with van der Waals surface area (Å²) in [7, 11) is 0. The second-order valence-electron chi connectivity index (χ2n) is 7.37. The molecule has 0 spiro atoms. The third-order valence-electron chi connectivity index (χ3n) is 5.57. The number of ether oxygens (including phenoxy) is 1. The highest BCUT2D eigenvalue weighted by atomic mass is 16.5. The quantitative estimate of drug-likeness (QED) is 0.835. The zero-order chi connectivity index (χ0) is 19.5. The van der Waals surface area contributed by atoms with E-state index in [9.17, 15) is 9.59 Å². The molecule has 6 heteroatoms. The highest BCUT2D eigenvalue weighted by Gasteiger charge is 2.47. The van der Waals surface area contributed by atoms with E-state index in [4.69, 9.17) is 4.74 Å². The number of benzene rings is 2. The van der Waals surface area contributed by atoms with Crippen LogP contribution in [0.3, 0.4) is 0 Å². The van der Waals surface area contributed by atoms with Crippen molar-refractivity contribution in [3.05, 3.63) is 60.2 Å². The van der Waals surface area contributed by atoms with Crippen LogP contribution in [0.4, 0.5) is 10.5 Å². The zero-order valence-electron chi connectivity index (χ0n) is 15.9. The van der Waals surface area contributed by atoms with Gasteiger partial charge in [0.1, 0.15) is 5.75 Å². The third-order valence-corrected chi connectivity index (χ3v) is 5.57. The van der Waals surface area contributed by atoms with Crippen molar-refractivity contribution in [2.24, 2.45) is 5.92 Å². The lowest BCUT2D eigenvalue weighted by atomic mass is 10.0. The van der Waals surface area contributed by atoms with Crippen molar-refractivity contribution in [1.82, 2.24) is 10.2 Å². The van der Waals surface area contributed by atoms with Crippen LogP contribution >= 0.6 is 0 Å². The summed E-state index contributed by atoms with van der Waals surface area (Å²) in [6.07, 6.45) is 1.75. The number of carbonyl (C=O) groups excluding carboxylic acids is 2. The van der Waals surface area contributed by atoms with Crippen LogP contribution < -0.4 is 15.4 Å². The summed E-state index contributed by atoms with van der Waals surface area (Å²) in [5, 5.41) is 6.11. The van der Waals surface area contributed by atoms with Crippen LogP contribution in [0.1, 0.15) is 30.1 Å². The van der Waals surface area contributed by atoms with Crippen LogP contribution in [0.2, 0.25) is 0 Å². The van der Waals surface area contributed by atoms with E-state index in [0.29, 0.717) is 24.6 Å². The minimum Gasteiger partial charge on any atom is -0.494 e. The summed E-state index contributed by atoms with van der Waals surface area (Å²) in [6, 6.07) is 16.9. The fourth-order valence-electron chi connectivity index (χ4n) is 4.22. The lowest BCUT2D eigenvalue weighted by Crippen LogP contribution is -2.48. The lowest BCUT2D eigenvalue weighted by Gasteiger charge is -2.32. The maximum absolute atomic E-state index is 12.7. The number of carbonyl (C=O) groups is 2. The molecule has 1 heterocycles. The molecule has 146 valence electrons. The number of piperidine rings is 1. The molecule has 3 amide bonds. The van der Waals surface area contributed by atoms with Gasteiger partial charge < -0.3 is 20.3 Å². The van der Waals surface area contributed by atoms with Crippen LogP contribution in [-0.4, -0.2) is 42.1 Å². The molecule has 0 aromatic heterocycles. The minimum atomic E-state index is -0.0792. The van der Waals surface area contributed by atoms with Gasteiger partial charge in [-0.3, -0.25) is 4.79 Å². The van der Waals surface area contributed by atoms with Crippen molar-refractivity contribution in [3.63, 3.8) is 0 Å². The highest BCUT2D eigenvalue weighted by Crippen LogP contribution is 2.38. The number of fused-ring (bicyclic) bond motifs is 2. The first kappa shape index (κ1) is 18.3. The molecule has 1 aliphatic carbocycles. The maximum atomic E-state index is 12.7. The first-order valence-corrected chi connectivity index (χ1v) is 9.80. The van der Waals surface area contributed by atoms with Gasteiger partial charge in [-0.05, 0) is 62.1 Å². The van der Waals surface area contributed by atoms with Gasteiger partial charge in [0, 0.05) is 29.9 Å². The number of anilines is 1. The molecule has 3 atom stereocenters. The maximum Gasteiger partial charge on any atom is 0.322 e. The molecule has 2 fully saturated rings. The van der Waals surface area contributed by atoms with Crippen LogP contribution in [0.5, 0.6) is 5.75 Å². The Labute approximate surface area is 164 Å². The monoisotopic (exact) mass is 379 g/mol. The van der Waals surface area contributed by atoms with Crippen molar-refractivity contribution >= 4 is 17.6 Å². The number of rotatable bonds is 5. The number of nitrogens with one attached hydrogen (secondary N) is 2. The standard InChI is InChI=1S/C22H25N3O3/c1-2-28-19-10-8-17(9-11-19)23-22(27)25-14-16-12-18(25)13-20(16)24-21(26)15-6-4-3-5-7-15/h3-11,16,18,20H,2,12-14H2,1H3,(H,23,27)(H,24,26). The summed E-state index contributed by atoms with van der Waals surface area (Å²) in [6.45, 7) is 3.23. The van der Waals surface area contributed by atoms with Gasteiger partial charge in [0.25, 0.3) is 5.91 Å². The molecule has 2 aliphatic rings. The van der Waals surface area contributed by atoms with Crippen molar-refractivity contribution < 1.29 is 14.3 Å². The minimum absolute atomic E-state index is 0.0384. The third kappa shape index (κ3) is 3.81. The van der Waals surface area contributed by atoms with Crippen LogP contribution in [0.25, 0.3) is 0 Å². The Balaban J connectivity index is 1.31. The van der Waals surface area contributed by atoms with Crippen LogP contribution in [0, 0.1) is 5.92 Å². The summed E-state index contributed by atoms with van der Waals surface area (Å²) in [5.74, 6) is 1.06. The number of hydrogen-bond donors (Lipinski definition) is 2. The molecule has 0 radical (unpaired) electrons. The molecule has 1 saturated heterocycles. The summed E-state index contributed by atoms with van der Waals surface area (Å²) in [5.41, 5.74) is 1.43. The van der Waals surface area contributed by atoms with Crippen molar-refractivity contribution in [3.8, 4) is 5.75 Å². The Morgan fingerprint density at radius 3 is 2.46 bits per heavy atom. The largest absolute Gasteiger partial charge is 0.494 e. The molecule has 2 N–H and O–H groups in total. The van der Waals surface area contributed by atoms with E-state index >= 15 is 0 Å². The predicted molar refractivity (Wildman–Crippen MR) is 108 cm³/mol. The van der Waals surface area contributed by atoms with E-state index in [1.165, 1.54) is 0 Å². The molecule has 2 bridgehead atoms. The Hall–Kier alpha value is -3.02. The number of likely N-dealkylation sites (tertiary alicyclic amines) is 1. The van der Waals surface area contributed by atoms with Crippen molar-refractivity contribution in [1.29, 1.82) is 0 Å². The second-order valence-corrected chi connectivity index (χ2v) is 7.37. The summed E-state index contributed by atoms with van der Waals surface area (Å²) in [4.78, 5) is 27.0. The molecule has 1 saturated carbocycles. The summed E-state index contributed by atoms with van der Waals surface area (Å²) >= 11 is 0. The van der Waals surface area contributed by atoms with Gasteiger partial charge in [-0.1, -0.05) is 18.2 Å². The molecular formula is C22H25N3O3. The smallest absolute Gasteiger partial charge is 0.322 e. The molecule has 2 aromatic rings. The Kier molecular flexibility index (Phi) is 5.19. The molecule has 1 aliphatic heterocycles. The summed E-state index contributed by atoms with van der Waals surface area (Å²) < 4.78 is 5.42. The van der Waals surface area contributed by atoms with E-state index in [2.05, 4.69) is 10.6 Å². The SMILES string of the molecule is CCOc1ccc(NC(=O)N2CC3CC2CC3NC(=O)c2ccccc2)cc1. The number of amides is 3. The fourth-order valence-corrected chi connectivity index (χ4v) is 4.22. The molecule has 2 aromatic carbocycles. The molecule has 3 unspecified atom stereocenters. The topological polar surface area (TPSA) is 70.7 Å². The van der Waals surface area contributed by atoms with Crippen molar-refractivity contribution in [2.45, 2.75) is 31.8 Å². The van der Waals surface area contributed by atoms with Gasteiger partial charge >= 0.3 is 6.03 Å². The second kappa shape index (κ2) is 7.92. The van der Waals surface area contributed by atoms with E-state index in [0.717, 1.165) is 24.3 Å². The Morgan fingerprint density at radius 2 is 1.82 bits per heavy atom. The number of nitrogens with zero attached hydrogens (tertiary/aromatic N) is 1. The predicted octanol–water partition coefficient (Wildman–Crippen LogP) is 3.51. The van der Waals surface area contributed by atoms with Gasteiger partial charge in [-0.15, -0.1) is 0 Å². The first-order chi connectivity index (χ1) is 13.6. The van der Waals surface area contributed by atoms with Gasteiger partial charge in [0.15, 0.2) is 0 Å². The molecule has 28 heavy (non-hydrogen) atoms. The van der Waals surface area contributed by atoms with E-state index in [-0.39, 0.29) is 24.0 Å². The van der Waals surface area contributed by atoms with Crippen LogP contribution in [-0.2, 0) is 0 Å². The van der Waals surface area contributed by atoms with E-state index in [1.54, 1.807) is 0 Å². The Morgan fingerprint density at radius 1 is 1.07 bits per heavy atom. The number of hydrogen-bond acceptors (Lipinski definition) is 3.